The number of aryl methyl sites for hydroxylation is 3. The Labute approximate surface area is 188 Å². The Morgan fingerprint density at radius 1 is 1.24 bits per heavy atom. The summed E-state index contributed by atoms with van der Waals surface area (Å²) in [5, 5.41) is 16.7. The van der Waals surface area contributed by atoms with E-state index in [1.54, 1.807) is 0 Å². The lowest BCUT2D eigenvalue weighted by molar-refractivity contribution is 0.358. The van der Waals surface area contributed by atoms with E-state index in [-0.39, 0.29) is 24.0 Å². The molecule has 29 heavy (non-hydrogen) atoms. The van der Waals surface area contributed by atoms with Gasteiger partial charge in [-0.1, -0.05) is 18.2 Å². The van der Waals surface area contributed by atoms with E-state index in [4.69, 9.17) is 0 Å². The van der Waals surface area contributed by atoms with Crippen molar-refractivity contribution < 1.29 is 0 Å². The fourth-order valence-corrected chi connectivity index (χ4v) is 4.12. The highest BCUT2D eigenvalue weighted by Crippen LogP contribution is 2.22. The summed E-state index contributed by atoms with van der Waals surface area (Å²) >= 11 is 0. The second kappa shape index (κ2) is 9.60. The molecule has 1 atom stereocenters. The SMILES string of the molecule is CN=C(NCCc1c(C)[nH]c2ccccc12)NCC1CCc2nnc(C)n2C1.I. The van der Waals surface area contributed by atoms with Crippen molar-refractivity contribution in [3.8, 4) is 0 Å². The number of nitrogens with one attached hydrogen (secondary N) is 3. The van der Waals surface area contributed by atoms with Crippen molar-refractivity contribution >= 4 is 40.8 Å². The van der Waals surface area contributed by atoms with E-state index in [2.05, 4.69) is 66.6 Å². The topological polar surface area (TPSA) is 82.9 Å². The van der Waals surface area contributed by atoms with Crippen molar-refractivity contribution in [1.29, 1.82) is 0 Å². The molecule has 4 rings (SSSR count). The Morgan fingerprint density at radius 2 is 2.07 bits per heavy atom. The number of hydrogen-bond acceptors (Lipinski definition) is 3. The van der Waals surface area contributed by atoms with Crippen LogP contribution in [0.5, 0.6) is 0 Å². The number of guanidine groups is 1. The van der Waals surface area contributed by atoms with Gasteiger partial charge in [-0.25, -0.2) is 0 Å². The van der Waals surface area contributed by atoms with Crippen molar-refractivity contribution in [1.82, 2.24) is 30.4 Å². The van der Waals surface area contributed by atoms with Gasteiger partial charge >= 0.3 is 0 Å². The maximum Gasteiger partial charge on any atom is 0.190 e. The van der Waals surface area contributed by atoms with Gasteiger partial charge < -0.3 is 20.2 Å². The standard InChI is InChI=1S/C21H29N7.HI/c1-14-17(18-6-4-5-7-19(18)25-14)10-11-23-21(22-3)24-12-16-8-9-20-27-26-15(2)28(20)13-16;/h4-7,16,25H,8-13H2,1-3H3,(H2,22,23,24);1H. The molecule has 0 saturated carbocycles. The van der Waals surface area contributed by atoms with Gasteiger partial charge in [0.15, 0.2) is 5.96 Å². The van der Waals surface area contributed by atoms with Crippen molar-refractivity contribution in [2.75, 3.05) is 20.1 Å². The normalized spacial score (nSPS) is 16.4. The fourth-order valence-electron chi connectivity index (χ4n) is 4.12. The number of nitrogens with zero attached hydrogens (tertiary/aromatic N) is 4. The minimum absolute atomic E-state index is 0. The van der Waals surface area contributed by atoms with Gasteiger partial charge in [-0.2, -0.15) is 0 Å². The number of H-pyrrole nitrogens is 1. The van der Waals surface area contributed by atoms with Crippen molar-refractivity contribution in [3.63, 3.8) is 0 Å². The van der Waals surface area contributed by atoms with E-state index >= 15 is 0 Å². The van der Waals surface area contributed by atoms with E-state index in [1.165, 1.54) is 22.2 Å². The molecule has 0 bridgehead atoms. The first-order valence-corrected chi connectivity index (χ1v) is 10.0. The first kappa shape index (κ1) is 21.6. The van der Waals surface area contributed by atoms with Crippen LogP contribution in [-0.2, 0) is 19.4 Å². The maximum absolute atomic E-state index is 4.38. The summed E-state index contributed by atoms with van der Waals surface area (Å²) in [4.78, 5) is 7.85. The summed E-state index contributed by atoms with van der Waals surface area (Å²) in [5.41, 5.74) is 3.83. The van der Waals surface area contributed by atoms with Gasteiger partial charge in [0.25, 0.3) is 0 Å². The number of aromatic nitrogens is 4. The van der Waals surface area contributed by atoms with Gasteiger partial charge in [0.05, 0.1) is 0 Å². The smallest absolute Gasteiger partial charge is 0.190 e. The van der Waals surface area contributed by atoms with Gasteiger partial charge in [0.1, 0.15) is 11.6 Å². The number of aliphatic imine (C=N–C) groups is 1. The summed E-state index contributed by atoms with van der Waals surface area (Å²) in [6, 6.07) is 8.49. The van der Waals surface area contributed by atoms with Crippen LogP contribution in [-0.4, -0.2) is 45.8 Å². The summed E-state index contributed by atoms with van der Waals surface area (Å²) in [6.45, 7) is 6.91. The quantitative estimate of drug-likeness (QED) is 0.282. The van der Waals surface area contributed by atoms with Gasteiger partial charge in [-0.3, -0.25) is 4.99 Å². The molecule has 0 amide bonds. The predicted molar refractivity (Wildman–Crippen MR) is 128 cm³/mol. The van der Waals surface area contributed by atoms with Crippen LogP contribution in [0.4, 0.5) is 0 Å². The van der Waals surface area contributed by atoms with E-state index in [9.17, 15) is 0 Å². The molecule has 2 aromatic heterocycles. The first-order valence-electron chi connectivity index (χ1n) is 10.0. The molecule has 3 aromatic rings. The lowest BCUT2D eigenvalue weighted by atomic mass is 9.99. The second-order valence-electron chi connectivity index (χ2n) is 7.58. The highest BCUT2D eigenvalue weighted by Gasteiger charge is 2.21. The van der Waals surface area contributed by atoms with Gasteiger partial charge in [-0.05, 0) is 44.2 Å². The monoisotopic (exact) mass is 507 g/mol. The molecular weight excluding hydrogens is 477 g/mol. The Hall–Kier alpha value is -2.10. The van der Waals surface area contributed by atoms with Crippen LogP contribution in [0.15, 0.2) is 29.3 Å². The highest BCUT2D eigenvalue weighted by molar-refractivity contribution is 14.0. The van der Waals surface area contributed by atoms with Crippen molar-refractivity contribution in [3.05, 3.63) is 47.2 Å². The van der Waals surface area contributed by atoms with Crippen LogP contribution in [0.25, 0.3) is 10.9 Å². The number of benzene rings is 1. The molecule has 0 spiro atoms. The molecular formula is C21H30IN7. The zero-order chi connectivity index (χ0) is 19.5. The molecule has 8 heteroatoms. The molecule has 1 unspecified atom stereocenters. The molecule has 1 aliphatic rings. The zero-order valence-corrected chi connectivity index (χ0v) is 19.7. The zero-order valence-electron chi connectivity index (χ0n) is 17.3. The van der Waals surface area contributed by atoms with Crippen LogP contribution >= 0.6 is 24.0 Å². The molecule has 3 N–H and O–H groups in total. The molecule has 0 aliphatic carbocycles. The van der Waals surface area contributed by atoms with E-state index in [0.717, 1.165) is 56.5 Å². The molecule has 156 valence electrons. The average Bonchev–Trinajstić information content (AvgIpc) is 3.24. The van der Waals surface area contributed by atoms with E-state index < -0.39 is 0 Å². The minimum atomic E-state index is 0. The molecule has 3 heterocycles. The van der Waals surface area contributed by atoms with E-state index in [0.29, 0.717) is 5.92 Å². The summed E-state index contributed by atoms with van der Waals surface area (Å²) < 4.78 is 2.24. The van der Waals surface area contributed by atoms with Crippen LogP contribution in [0.1, 0.15) is 29.3 Å². The highest BCUT2D eigenvalue weighted by atomic mass is 127. The Morgan fingerprint density at radius 3 is 2.90 bits per heavy atom. The molecule has 0 fully saturated rings. The lowest BCUT2D eigenvalue weighted by Gasteiger charge is -2.25. The van der Waals surface area contributed by atoms with Crippen molar-refractivity contribution in [2.45, 2.75) is 39.7 Å². The molecule has 1 aliphatic heterocycles. The average molecular weight is 507 g/mol. The number of rotatable bonds is 5. The van der Waals surface area contributed by atoms with Gasteiger partial charge in [0, 0.05) is 49.7 Å². The minimum Gasteiger partial charge on any atom is -0.358 e. The fraction of sp³-hybridized carbons (Fsp3) is 0.476. The Balaban J connectivity index is 0.00000240. The number of fused-ring (bicyclic) bond motifs is 2. The van der Waals surface area contributed by atoms with E-state index in [1.807, 2.05) is 14.0 Å². The maximum atomic E-state index is 4.38. The largest absolute Gasteiger partial charge is 0.358 e. The van der Waals surface area contributed by atoms with Crippen LogP contribution in [0, 0.1) is 19.8 Å². The number of halogens is 1. The van der Waals surface area contributed by atoms with Gasteiger partial charge in [0.2, 0.25) is 0 Å². The van der Waals surface area contributed by atoms with Crippen LogP contribution in [0.3, 0.4) is 0 Å². The third-order valence-corrected chi connectivity index (χ3v) is 5.71. The number of para-hydroxylation sites is 1. The van der Waals surface area contributed by atoms with Gasteiger partial charge in [-0.15, -0.1) is 34.2 Å². The lowest BCUT2D eigenvalue weighted by Crippen LogP contribution is -2.42. The third-order valence-electron chi connectivity index (χ3n) is 5.71. The first-order chi connectivity index (χ1) is 13.7. The molecule has 1 aromatic carbocycles. The number of hydrogen-bond donors (Lipinski definition) is 3. The van der Waals surface area contributed by atoms with Crippen LogP contribution < -0.4 is 10.6 Å². The predicted octanol–water partition coefficient (Wildman–Crippen LogP) is 2.96. The summed E-state index contributed by atoms with van der Waals surface area (Å²) in [6.07, 6.45) is 3.10. The van der Waals surface area contributed by atoms with Crippen molar-refractivity contribution in [2.24, 2.45) is 10.9 Å². The number of aromatic amines is 1. The molecule has 0 saturated heterocycles. The van der Waals surface area contributed by atoms with Crippen LogP contribution in [0.2, 0.25) is 0 Å². The second-order valence-corrected chi connectivity index (χ2v) is 7.58. The Kier molecular flexibility index (Phi) is 7.15. The molecule has 7 nitrogen and oxygen atoms in total. The summed E-state index contributed by atoms with van der Waals surface area (Å²) in [7, 11) is 1.83. The Bertz CT molecular complexity index is 988. The summed E-state index contributed by atoms with van der Waals surface area (Å²) in [5.74, 6) is 3.56. The third kappa shape index (κ3) is 4.73. The molecule has 0 radical (unpaired) electrons.